The standard InChI is InChI=1S/C21H21O2S/c1-16-8-6-10-18(14-16)24(19-11-7-9-17(15-19)22-2)21-13-5-4-12-20(21)23-3/h4-15H,1-3H3/q+1. The molecule has 0 aromatic heterocycles. The van der Waals surface area contributed by atoms with E-state index in [1.54, 1.807) is 14.2 Å². The summed E-state index contributed by atoms with van der Waals surface area (Å²) in [7, 11) is 3.17. The van der Waals surface area contributed by atoms with Crippen LogP contribution in [0, 0.1) is 6.92 Å². The maximum absolute atomic E-state index is 5.63. The molecule has 0 spiro atoms. The van der Waals surface area contributed by atoms with Crippen LogP contribution < -0.4 is 9.47 Å². The summed E-state index contributed by atoms with van der Waals surface area (Å²) >= 11 is 0. The largest absolute Gasteiger partial charge is 0.497 e. The third-order valence-electron chi connectivity index (χ3n) is 3.79. The summed E-state index contributed by atoms with van der Waals surface area (Å²) in [5.74, 6) is 1.78. The average Bonchev–Trinajstić information content (AvgIpc) is 2.63. The van der Waals surface area contributed by atoms with Crippen molar-refractivity contribution < 1.29 is 9.47 Å². The number of hydrogen-bond donors (Lipinski definition) is 0. The molecule has 3 heteroatoms. The van der Waals surface area contributed by atoms with Crippen molar-refractivity contribution in [3.8, 4) is 11.5 Å². The SMILES string of the molecule is COc1cccc([S+](c2cccc(C)c2)c2ccccc2OC)c1. The lowest BCUT2D eigenvalue weighted by atomic mass is 10.2. The number of rotatable bonds is 5. The highest BCUT2D eigenvalue weighted by Gasteiger charge is 2.32. The molecule has 0 fully saturated rings. The van der Waals surface area contributed by atoms with E-state index in [4.69, 9.17) is 9.47 Å². The molecule has 0 aliphatic heterocycles. The first-order valence-electron chi connectivity index (χ1n) is 7.81. The van der Waals surface area contributed by atoms with Gasteiger partial charge < -0.3 is 9.47 Å². The van der Waals surface area contributed by atoms with Crippen molar-refractivity contribution >= 4 is 10.9 Å². The Morgan fingerprint density at radius 1 is 0.708 bits per heavy atom. The molecule has 0 aliphatic carbocycles. The van der Waals surface area contributed by atoms with E-state index in [1.807, 2.05) is 24.3 Å². The first kappa shape index (κ1) is 16.5. The fourth-order valence-corrected chi connectivity index (χ4v) is 4.96. The Morgan fingerprint density at radius 2 is 1.42 bits per heavy atom. The van der Waals surface area contributed by atoms with Gasteiger partial charge in [0.25, 0.3) is 0 Å². The molecule has 24 heavy (non-hydrogen) atoms. The van der Waals surface area contributed by atoms with Crippen LogP contribution in [0.3, 0.4) is 0 Å². The van der Waals surface area contributed by atoms with Crippen LogP contribution in [0.5, 0.6) is 11.5 Å². The Balaban J connectivity index is 2.20. The van der Waals surface area contributed by atoms with Gasteiger partial charge in [-0.2, -0.15) is 0 Å². The maximum atomic E-state index is 5.63. The summed E-state index contributed by atoms with van der Waals surface area (Å²) in [5, 5.41) is 0. The van der Waals surface area contributed by atoms with Gasteiger partial charge in [0, 0.05) is 6.07 Å². The zero-order chi connectivity index (χ0) is 16.9. The van der Waals surface area contributed by atoms with Crippen LogP contribution in [0.15, 0.2) is 87.5 Å². The van der Waals surface area contributed by atoms with Gasteiger partial charge in [-0.25, -0.2) is 0 Å². The highest BCUT2D eigenvalue weighted by molar-refractivity contribution is 7.97. The van der Waals surface area contributed by atoms with Crippen molar-refractivity contribution in [1.29, 1.82) is 0 Å². The van der Waals surface area contributed by atoms with Gasteiger partial charge in [0.1, 0.15) is 16.6 Å². The molecule has 0 saturated heterocycles. The van der Waals surface area contributed by atoms with E-state index in [0.29, 0.717) is 0 Å². The Labute approximate surface area is 146 Å². The van der Waals surface area contributed by atoms with Crippen molar-refractivity contribution in [3.05, 3.63) is 78.4 Å². The molecule has 3 aromatic carbocycles. The highest BCUT2D eigenvalue weighted by Crippen LogP contribution is 2.37. The number of ether oxygens (including phenoxy) is 2. The molecule has 0 saturated carbocycles. The first-order chi connectivity index (χ1) is 11.7. The molecule has 0 bridgehead atoms. The van der Waals surface area contributed by atoms with Crippen molar-refractivity contribution in [1.82, 2.24) is 0 Å². The summed E-state index contributed by atoms with van der Waals surface area (Å²) in [6, 6.07) is 25.2. The van der Waals surface area contributed by atoms with Gasteiger partial charge in [0.05, 0.1) is 14.2 Å². The normalized spacial score (nSPS) is 11.8. The van der Waals surface area contributed by atoms with Crippen LogP contribution in [0.4, 0.5) is 0 Å². The fourth-order valence-electron chi connectivity index (χ4n) is 2.65. The molecule has 0 N–H and O–H groups in total. The molecule has 1 unspecified atom stereocenters. The van der Waals surface area contributed by atoms with Crippen LogP contribution in [0.25, 0.3) is 0 Å². The van der Waals surface area contributed by atoms with Gasteiger partial charge in [-0.3, -0.25) is 0 Å². The van der Waals surface area contributed by atoms with Crippen molar-refractivity contribution in [2.24, 2.45) is 0 Å². The molecule has 3 aromatic rings. The molecular weight excluding hydrogens is 316 g/mol. The second kappa shape index (κ2) is 7.45. The van der Waals surface area contributed by atoms with Gasteiger partial charge in [0.2, 0.25) is 4.90 Å². The van der Waals surface area contributed by atoms with E-state index >= 15 is 0 Å². The minimum absolute atomic E-state index is 0.253. The third-order valence-corrected chi connectivity index (χ3v) is 6.02. The van der Waals surface area contributed by atoms with E-state index in [2.05, 4.69) is 55.5 Å². The van der Waals surface area contributed by atoms with E-state index in [-0.39, 0.29) is 10.9 Å². The molecule has 0 amide bonds. The number of aryl methyl sites for hydroxylation is 1. The maximum Gasteiger partial charge on any atom is 0.208 e. The molecule has 0 aliphatic rings. The predicted molar refractivity (Wildman–Crippen MR) is 99.3 cm³/mol. The summed E-state index contributed by atoms with van der Waals surface area (Å²) in [5.41, 5.74) is 1.25. The monoisotopic (exact) mass is 337 g/mol. The van der Waals surface area contributed by atoms with Crippen LogP contribution in [0.1, 0.15) is 5.56 Å². The molecule has 122 valence electrons. The second-order valence-electron chi connectivity index (χ2n) is 5.45. The Kier molecular flexibility index (Phi) is 5.11. The minimum Gasteiger partial charge on any atom is -0.497 e. The Bertz CT molecular complexity index is 829. The zero-order valence-electron chi connectivity index (χ0n) is 14.2. The quantitative estimate of drug-likeness (QED) is 0.603. The summed E-state index contributed by atoms with van der Waals surface area (Å²) in [6.45, 7) is 2.12. The first-order valence-corrected chi connectivity index (χ1v) is 9.03. The lowest BCUT2D eigenvalue weighted by Gasteiger charge is -2.12. The number of methoxy groups -OCH3 is 2. The van der Waals surface area contributed by atoms with Gasteiger partial charge in [-0.1, -0.05) is 30.3 Å². The topological polar surface area (TPSA) is 18.5 Å². The smallest absolute Gasteiger partial charge is 0.208 e. The molecule has 3 rings (SSSR count). The van der Waals surface area contributed by atoms with Crippen molar-refractivity contribution in [2.45, 2.75) is 21.6 Å². The highest BCUT2D eigenvalue weighted by atomic mass is 32.2. The molecule has 2 nitrogen and oxygen atoms in total. The van der Waals surface area contributed by atoms with Gasteiger partial charge in [-0.05, 0) is 48.9 Å². The lowest BCUT2D eigenvalue weighted by Crippen LogP contribution is -2.07. The van der Waals surface area contributed by atoms with E-state index in [1.165, 1.54) is 20.2 Å². The fraction of sp³-hybridized carbons (Fsp3) is 0.143. The molecule has 0 radical (unpaired) electrons. The van der Waals surface area contributed by atoms with E-state index in [9.17, 15) is 0 Å². The molecule has 0 heterocycles. The number of para-hydroxylation sites is 1. The predicted octanol–water partition coefficient (Wildman–Crippen LogP) is 5.11. The number of hydrogen-bond acceptors (Lipinski definition) is 2. The van der Waals surface area contributed by atoms with Crippen LogP contribution in [0.2, 0.25) is 0 Å². The summed E-state index contributed by atoms with van der Waals surface area (Å²) < 4.78 is 11.1. The average molecular weight is 337 g/mol. The Hall–Kier alpha value is -2.39. The summed E-state index contributed by atoms with van der Waals surface area (Å²) in [6.07, 6.45) is 0. The van der Waals surface area contributed by atoms with Gasteiger partial charge >= 0.3 is 0 Å². The third kappa shape index (κ3) is 3.41. The van der Waals surface area contributed by atoms with Crippen molar-refractivity contribution in [3.63, 3.8) is 0 Å². The lowest BCUT2D eigenvalue weighted by molar-refractivity contribution is 0.404. The Morgan fingerprint density at radius 3 is 2.12 bits per heavy atom. The second-order valence-corrected chi connectivity index (χ2v) is 7.45. The minimum atomic E-state index is -0.253. The number of benzene rings is 3. The molecule has 1 atom stereocenters. The van der Waals surface area contributed by atoms with Gasteiger partial charge in [0.15, 0.2) is 15.5 Å². The van der Waals surface area contributed by atoms with Crippen LogP contribution in [-0.4, -0.2) is 14.2 Å². The summed E-state index contributed by atoms with van der Waals surface area (Å²) in [4.78, 5) is 3.66. The van der Waals surface area contributed by atoms with E-state index < -0.39 is 0 Å². The van der Waals surface area contributed by atoms with Crippen LogP contribution in [-0.2, 0) is 10.9 Å². The van der Waals surface area contributed by atoms with Gasteiger partial charge in [-0.15, -0.1) is 0 Å². The molecular formula is C21H21O2S+. The van der Waals surface area contributed by atoms with Crippen molar-refractivity contribution in [2.75, 3.05) is 14.2 Å². The van der Waals surface area contributed by atoms with E-state index in [0.717, 1.165) is 11.5 Å². The zero-order valence-corrected chi connectivity index (χ0v) is 15.0. The van der Waals surface area contributed by atoms with Crippen LogP contribution >= 0.6 is 0 Å².